The Morgan fingerprint density at radius 2 is 1.76 bits per heavy atom. The van der Waals surface area contributed by atoms with Crippen molar-refractivity contribution in [1.82, 2.24) is 0 Å². The fraction of sp³-hybridized carbons (Fsp3) is 0.462. The van der Waals surface area contributed by atoms with E-state index in [-0.39, 0.29) is 0 Å². The Labute approximate surface area is 101 Å². The normalized spacial score (nSPS) is 13.0. The zero-order valence-corrected chi connectivity index (χ0v) is 10.6. The summed E-state index contributed by atoms with van der Waals surface area (Å²) in [6, 6.07) is 6.94. The lowest BCUT2D eigenvalue weighted by molar-refractivity contribution is -0.157. The molecule has 4 nitrogen and oxygen atoms in total. The van der Waals surface area contributed by atoms with Gasteiger partial charge in [0.25, 0.3) is 0 Å². The van der Waals surface area contributed by atoms with Gasteiger partial charge in [-0.1, -0.05) is 12.1 Å². The van der Waals surface area contributed by atoms with Crippen molar-refractivity contribution in [2.45, 2.75) is 20.0 Å². The highest BCUT2D eigenvalue weighted by atomic mass is 16.5. The molecule has 0 aliphatic heterocycles. The van der Waals surface area contributed by atoms with Gasteiger partial charge in [0.1, 0.15) is 5.75 Å². The lowest BCUT2D eigenvalue weighted by Crippen LogP contribution is -2.32. The molecule has 0 unspecified atom stereocenters. The van der Waals surface area contributed by atoms with Crippen LogP contribution in [0.1, 0.15) is 25.5 Å². The van der Waals surface area contributed by atoms with E-state index < -0.39 is 17.5 Å². The van der Waals surface area contributed by atoms with Gasteiger partial charge in [-0.3, -0.25) is 4.79 Å². The van der Waals surface area contributed by atoms with Crippen LogP contribution in [-0.2, 0) is 9.53 Å². The number of carbonyl (C=O) groups excluding carboxylic acids is 1. The fourth-order valence-corrected chi connectivity index (χ4v) is 1.58. The number of methoxy groups -OCH3 is 2. The van der Waals surface area contributed by atoms with E-state index >= 15 is 0 Å². The molecule has 1 N–H and O–H groups in total. The average Bonchev–Trinajstić information content (AvgIpc) is 2.36. The molecule has 1 rings (SSSR count). The number of aliphatic hydroxyl groups is 1. The van der Waals surface area contributed by atoms with E-state index in [4.69, 9.17) is 4.74 Å². The first-order valence-corrected chi connectivity index (χ1v) is 5.34. The van der Waals surface area contributed by atoms with Gasteiger partial charge in [-0.05, 0) is 31.5 Å². The molecule has 0 bridgehead atoms. The van der Waals surface area contributed by atoms with Crippen LogP contribution in [0, 0.1) is 5.41 Å². The van der Waals surface area contributed by atoms with E-state index in [1.807, 2.05) is 0 Å². The Morgan fingerprint density at radius 1 is 1.24 bits per heavy atom. The van der Waals surface area contributed by atoms with Crippen LogP contribution >= 0.6 is 0 Å². The largest absolute Gasteiger partial charge is 0.497 e. The second kappa shape index (κ2) is 5.19. The number of hydrogen-bond acceptors (Lipinski definition) is 4. The minimum atomic E-state index is -0.983. The van der Waals surface area contributed by atoms with Crippen LogP contribution in [0.4, 0.5) is 0 Å². The van der Waals surface area contributed by atoms with Crippen molar-refractivity contribution >= 4 is 5.97 Å². The molecule has 0 aromatic heterocycles. The molecule has 4 heteroatoms. The van der Waals surface area contributed by atoms with Crippen LogP contribution < -0.4 is 4.74 Å². The SMILES string of the molecule is COC(=O)C(C)(C)[C@H](O)c1ccc(OC)cc1. The highest BCUT2D eigenvalue weighted by molar-refractivity contribution is 5.76. The van der Waals surface area contributed by atoms with Crippen molar-refractivity contribution in [3.8, 4) is 5.75 Å². The predicted molar refractivity (Wildman–Crippen MR) is 63.8 cm³/mol. The molecule has 0 amide bonds. The fourth-order valence-electron chi connectivity index (χ4n) is 1.58. The number of carbonyl (C=O) groups is 1. The number of rotatable bonds is 4. The Bertz CT molecular complexity index is 381. The first-order valence-electron chi connectivity index (χ1n) is 5.34. The van der Waals surface area contributed by atoms with Gasteiger partial charge in [-0.2, -0.15) is 0 Å². The van der Waals surface area contributed by atoms with Crippen molar-refractivity contribution in [2.75, 3.05) is 14.2 Å². The van der Waals surface area contributed by atoms with Crippen LogP contribution in [0.3, 0.4) is 0 Å². The van der Waals surface area contributed by atoms with Crippen LogP contribution in [0.2, 0.25) is 0 Å². The van der Waals surface area contributed by atoms with Crippen molar-refractivity contribution in [1.29, 1.82) is 0 Å². The number of ether oxygens (including phenoxy) is 2. The lowest BCUT2D eigenvalue weighted by atomic mass is 9.83. The summed E-state index contributed by atoms with van der Waals surface area (Å²) in [6.07, 6.45) is -0.916. The number of esters is 1. The van der Waals surface area contributed by atoms with Crippen molar-refractivity contribution < 1.29 is 19.4 Å². The molecule has 17 heavy (non-hydrogen) atoms. The van der Waals surface area contributed by atoms with E-state index in [9.17, 15) is 9.90 Å². The molecule has 0 saturated carbocycles. The molecule has 0 heterocycles. The summed E-state index contributed by atoms with van der Waals surface area (Å²) in [7, 11) is 2.88. The molecule has 0 aliphatic rings. The van der Waals surface area contributed by atoms with Crippen LogP contribution in [0.25, 0.3) is 0 Å². The summed E-state index contributed by atoms with van der Waals surface area (Å²) in [4.78, 5) is 11.6. The van der Waals surface area contributed by atoms with Crippen molar-refractivity contribution in [3.05, 3.63) is 29.8 Å². The summed E-state index contributed by atoms with van der Waals surface area (Å²) in [5.41, 5.74) is -0.329. The van der Waals surface area contributed by atoms with Crippen LogP contribution in [0.5, 0.6) is 5.75 Å². The molecule has 0 saturated heterocycles. The van der Waals surface area contributed by atoms with E-state index in [1.54, 1.807) is 45.2 Å². The summed E-state index contributed by atoms with van der Waals surface area (Å²) < 4.78 is 9.71. The van der Waals surface area contributed by atoms with Gasteiger partial charge < -0.3 is 14.6 Å². The summed E-state index contributed by atoms with van der Waals surface area (Å²) in [5.74, 6) is 0.262. The third-order valence-corrected chi connectivity index (χ3v) is 2.83. The Hall–Kier alpha value is -1.55. The van der Waals surface area contributed by atoms with Gasteiger partial charge in [-0.15, -0.1) is 0 Å². The van der Waals surface area contributed by atoms with Crippen LogP contribution in [-0.4, -0.2) is 25.3 Å². The predicted octanol–water partition coefficient (Wildman–Crippen LogP) is 1.93. The van der Waals surface area contributed by atoms with Crippen LogP contribution in [0.15, 0.2) is 24.3 Å². The molecule has 1 aromatic rings. The highest BCUT2D eigenvalue weighted by Crippen LogP contribution is 2.34. The second-order valence-corrected chi connectivity index (χ2v) is 4.39. The minimum Gasteiger partial charge on any atom is -0.497 e. The molecule has 1 atom stereocenters. The maximum atomic E-state index is 11.6. The van der Waals surface area contributed by atoms with E-state index in [0.717, 1.165) is 0 Å². The smallest absolute Gasteiger partial charge is 0.314 e. The Balaban J connectivity index is 2.95. The van der Waals surface area contributed by atoms with Gasteiger partial charge in [0.2, 0.25) is 0 Å². The number of hydrogen-bond donors (Lipinski definition) is 1. The molecule has 0 spiro atoms. The quantitative estimate of drug-likeness (QED) is 0.814. The Kier molecular flexibility index (Phi) is 4.12. The van der Waals surface area contributed by atoms with Gasteiger partial charge in [-0.25, -0.2) is 0 Å². The first-order chi connectivity index (χ1) is 7.93. The third-order valence-electron chi connectivity index (χ3n) is 2.83. The molecule has 94 valence electrons. The molecule has 0 radical (unpaired) electrons. The topological polar surface area (TPSA) is 55.8 Å². The molecule has 0 fully saturated rings. The van der Waals surface area contributed by atoms with E-state index in [2.05, 4.69) is 4.74 Å². The molecular formula is C13H18O4. The summed E-state index contributed by atoms with van der Waals surface area (Å²) in [5, 5.41) is 10.2. The lowest BCUT2D eigenvalue weighted by Gasteiger charge is -2.27. The highest BCUT2D eigenvalue weighted by Gasteiger charge is 2.37. The van der Waals surface area contributed by atoms with Crippen molar-refractivity contribution in [3.63, 3.8) is 0 Å². The van der Waals surface area contributed by atoms with Crippen molar-refractivity contribution in [2.24, 2.45) is 5.41 Å². The molecule has 1 aromatic carbocycles. The third kappa shape index (κ3) is 2.77. The van der Waals surface area contributed by atoms with Gasteiger partial charge in [0.15, 0.2) is 0 Å². The number of benzene rings is 1. The first kappa shape index (κ1) is 13.5. The van der Waals surface area contributed by atoms with E-state index in [0.29, 0.717) is 11.3 Å². The maximum Gasteiger partial charge on any atom is 0.314 e. The van der Waals surface area contributed by atoms with E-state index in [1.165, 1.54) is 7.11 Å². The second-order valence-electron chi connectivity index (χ2n) is 4.39. The van der Waals surface area contributed by atoms with Gasteiger partial charge in [0.05, 0.1) is 25.7 Å². The zero-order valence-electron chi connectivity index (χ0n) is 10.6. The zero-order chi connectivity index (χ0) is 13.1. The molecular weight excluding hydrogens is 220 g/mol. The average molecular weight is 238 g/mol. The summed E-state index contributed by atoms with van der Waals surface area (Å²) in [6.45, 7) is 3.29. The van der Waals surface area contributed by atoms with Gasteiger partial charge in [0, 0.05) is 0 Å². The number of aliphatic hydroxyl groups excluding tert-OH is 1. The maximum absolute atomic E-state index is 11.6. The molecule has 0 aliphatic carbocycles. The standard InChI is InChI=1S/C13H18O4/c1-13(2,12(15)17-4)11(14)9-5-7-10(16-3)8-6-9/h5-8,11,14H,1-4H3/t11-/m1/s1. The monoisotopic (exact) mass is 238 g/mol. The summed E-state index contributed by atoms with van der Waals surface area (Å²) >= 11 is 0. The Morgan fingerprint density at radius 3 is 2.18 bits per heavy atom. The minimum absolute atomic E-state index is 0.444. The van der Waals surface area contributed by atoms with Gasteiger partial charge >= 0.3 is 5.97 Å².